The van der Waals surface area contributed by atoms with Crippen molar-refractivity contribution in [1.82, 2.24) is 19.6 Å². The SMILES string of the molecule is CCOC(=O)N1CCN(C(=O)N2CCN(C(C)=O)CC2)CC1. The molecule has 2 rings (SSSR count). The highest BCUT2D eigenvalue weighted by Gasteiger charge is 2.29. The van der Waals surface area contributed by atoms with Crippen molar-refractivity contribution in [2.75, 3.05) is 59.0 Å². The van der Waals surface area contributed by atoms with Crippen LogP contribution in [0.2, 0.25) is 0 Å². The van der Waals surface area contributed by atoms with E-state index in [-0.39, 0.29) is 18.0 Å². The number of amides is 4. The minimum Gasteiger partial charge on any atom is -0.450 e. The number of rotatable bonds is 1. The van der Waals surface area contributed by atoms with Gasteiger partial charge in [-0.1, -0.05) is 0 Å². The molecule has 0 N–H and O–H groups in total. The van der Waals surface area contributed by atoms with Crippen LogP contribution in [-0.4, -0.2) is 96.6 Å². The minimum absolute atomic E-state index is 0.00768. The largest absolute Gasteiger partial charge is 0.450 e. The molecular formula is C14H24N4O4. The van der Waals surface area contributed by atoms with E-state index in [9.17, 15) is 14.4 Å². The second-order valence-electron chi connectivity index (χ2n) is 5.45. The Kier molecular flexibility index (Phi) is 5.46. The molecule has 4 amide bonds. The highest BCUT2D eigenvalue weighted by Crippen LogP contribution is 2.10. The van der Waals surface area contributed by atoms with E-state index < -0.39 is 0 Å². The Balaban J connectivity index is 1.78. The van der Waals surface area contributed by atoms with E-state index in [1.165, 1.54) is 0 Å². The van der Waals surface area contributed by atoms with E-state index in [2.05, 4.69) is 0 Å². The quantitative estimate of drug-likeness (QED) is 0.685. The van der Waals surface area contributed by atoms with Crippen LogP contribution < -0.4 is 0 Å². The summed E-state index contributed by atoms with van der Waals surface area (Å²) in [5.41, 5.74) is 0. The lowest BCUT2D eigenvalue weighted by molar-refractivity contribution is -0.130. The summed E-state index contributed by atoms with van der Waals surface area (Å²) in [4.78, 5) is 42.3. The Hall–Kier alpha value is -1.99. The molecule has 0 atom stereocenters. The van der Waals surface area contributed by atoms with Gasteiger partial charge in [0.25, 0.3) is 0 Å². The zero-order chi connectivity index (χ0) is 16.1. The van der Waals surface area contributed by atoms with Crippen molar-refractivity contribution in [3.05, 3.63) is 0 Å². The van der Waals surface area contributed by atoms with Gasteiger partial charge in [0.2, 0.25) is 5.91 Å². The average Bonchev–Trinajstić information content (AvgIpc) is 2.54. The van der Waals surface area contributed by atoms with Gasteiger partial charge < -0.3 is 24.3 Å². The maximum Gasteiger partial charge on any atom is 0.409 e. The molecule has 0 unspecified atom stereocenters. The molecule has 0 aromatic carbocycles. The molecule has 0 spiro atoms. The van der Waals surface area contributed by atoms with Crippen LogP contribution >= 0.6 is 0 Å². The number of urea groups is 1. The Morgan fingerprint density at radius 2 is 1.18 bits per heavy atom. The molecule has 2 aliphatic heterocycles. The van der Waals surface area contributed by atoms with E-state index in [1.54, 1.807) is 33.4 Å². The van der Waals surface area contributed by atoms with Crippen LogP contribution in [0.1, 0.15) is 13.8 Å². The van der Waals surface area contributed by atoms with E-state index in [4.69, 9.17) is 4.74 Å². The lowest BCUT2D eigenvalue weighted by atomic mass is 10.3. The van der Waals surface area contributed by atoms with Crippen molar-refractivity contribution in [1.29, 1.82) is 0 Å². The van der Waals surface area contributed by atoms with Gasteiger partial charge in [-0.2, -0.15) is 0 Å². The number of nitrogens with zero attached hydrogens (tertiary/aromatic N) is 4. The summed E-state index contributed by atoms with van der Waals surface area (Å²) >= 11 is 0. The van der Waals surface area contributed by atoms with Gasteiger partial charge in [-0.25, -0.2) is 9.59 Å². The summed E-state index contributed by atoms with van der Waals surface area (Å²) in [6.45, 7) is 8.02. The zero-order valence-electron chi connectivity index (χ0n) is 13.3. The molecule has 22 heavy (non-hydrogen) atoms. The predicted molar refractivity (Wildman–Crippen MR) is 79.4 cm³/mol. The van der Waals surface area contributed by atoms with Crippen molar-refractivity contribution < 1.29 is 19.1 Å². The van der Waals surface area contributed by atoms with E-state index in [0.29, 0.717) is 59.0 Å². The number of piperazine rings is 2. The third-order valence-electron chi connectivity index (χ3n) is 4.07. The Bertz CT molecular complexity index is 427. The molecule has 8 heteroatoms. The summed E-state index contributed by atoms with van der Waals surface area (Å²) < 4.78 is 4.96. The monoisotopic (exact) mass is 312 g/mol. The molecule has 2 fully saturated rings. The molecule has 0 aromatic rings. The van der Waals surface area contributed by atoms with Crippen LogP contribution in [0.25, 0.3) is 0 Å². The molecule has 2 saturated heterocycles. The molecule has 0 radical (unpaired) electrons. The van der Waals surface area contributed by atoms with Crippen LogP contribution in [-0.2, 0) is 9.53 Å². The van der Waals surface area contributed by atoms with Crippen LogP contribution in [0, 0.1) is 0 Å². The lowest BCUT2D eigenvalue weighted by Crippen LogP contribution is -2.57. The Morgan fingerprint density at radius 3 is 1.59 bits per heavy atom. The number of carbonyl (C=O) groups is 3. The van der Waals surface area contributed by atoms with E-state index in [1.807, 2.05) is 0 Å². The predicted octanol–water partition coefficient (Wildman–Crippen LogP) is 0.0446. The topological polar surface area (TPSA) is 73.4 Å². The standard InChI is InChI=1S/C14H24N4O4/c1-3-22-14(21)18-10-8-17(9-11-18)13(20)16-6-4-15(5-7-16)12(2)19/h3-11H2,1-2H3. The van der Waals surface area contributed by atoms with Crippen LogP contribution in [0.4, 0.5) is 9.59 Å². The molecule has 0 saturated carbocycles. The fourth-order valence-corrected chi connectivity index (χ4v) is 2.71. The zero-order valence-corrected chi connectivity index (χ0v) is 13.3. The van der Waals surface area contributed by atoms with Crippen molar-refractivity contribution >= 4 is 18.0 Å². The Morgan fingerprint density at radius 1 is 0.773 bits per heavy atom. The van der Waals surface area contributed by atoms with Crippen molar-refractivity contribution in [2.45, 2.75) is 13.8 Å². The second kappa shape index (κ2) is 7.33. The first-order valence-electron chi connectivity index (χ1n) is 7.74. The first-order valence-corrected chi connectivity index (χ1v) is 7.74. The summed E-state index contributed by atoms with van der Waals surface area (Å²) in [7, 11) is 0. The van der Waals surface area contributed by atoms with Gasteiger partial charge >= 0.3 is 12.1 Å². The highest BCUT2D eigenvalue weighted by atomic mass is 16.6. The summed E-state index contributed by atoms with van der Waals surface area (Å²) in [6.07, 6.45) is -0.315. The smallest absolute Gasteiger partial charge is 0.409 e. The van der Waals surface area contributed by atoms with Gasteiger partial charge in [0.1, 0.15) is 0 Å². The molecule has 124 valence electrons. The maximum atomic E-state index is 12.4. The van der Waals surface area contributed by atoms with Gasteiger partial charge in [-0.05, 0) is 6.92 Å². The fraction of sp³-hybridized carbons (Fsp3) is 0.786. The fourth-order valence-electron chi connectivity index (χ4n) is 2.71. The molecule has 2 aliphatic rings. The third kappa shape index (κ3) is 3.80. The lowest BCUT2D eigenvalue weighted by Gasteiger charge is -2.40. The second-order valence-corrected chi connectivity index (χ2v) is 5.45. The molecule has 0 aromatic heterocycles. The number of carbonyl (C=O) groups excluding carboxylic acids is 3. The molecule has 0 aliphatic carbocycles. The van der Waals surface area contributed by atoms with Crippen molar-refractivity contribution in [3.8, 4) is 0 Å². The van der Waals surface area contributed by atoms with Gasteiger partial charge in [0.15, 0.2) is 0 Å². The number of hydrogen-bond acceptors (Lipinski definition) is 4. The van der Waals surface area contributed by atoms with Crippen molar-refractivity contribution in [3.63, 3.8) is 0 Å². The maximum absolute atomic E-state index is 12.4. The Labute approximate surface area is 130 Å². The van der Waals surface area contributed by atoms with Crippen LogP contribution in [0.15, 0.2) is 0 Å². The molecule has 2 heterocycles. The van der Waals surface area contributed by atoms with Gasteiger partial charge in [0, 0.05) is 59.3 Å². The summed E-state index contributed by atoms with van der Waals surface area (Å²) in [6, 6.07) is -0.00768. The van der Waals surface area contributed by atoms with Crippen LogP contribution in [0.5, 0.6) is 0 Å². The third-order valence-corrected chi connectivity index (χ3v) is 4.07. The first kappa shape index (κ1) is 16.4. The van der Waals surface area contributed by atoms with Gasteiger partial charge in [0.05, 0.1) is 6.61 Å². The summed E-state index contributed by atoms with van der Waals surface area (Å²) in [5, 5.41) is 0. The highest BCUT2D eigenvalue weighted by molar-refractivity contribution is 5.76. The van der Waals surface area contributed by atoms with Gasteiger partial charge in [-0.3, -0.25) is 4.79 Å². The average molecular weight is 312 g/mol. The molecule has 8 nitrogen and oxygen atoms in total. The van der Waals surface area contributed by atoms with E-state index in [0.717, 1.165) is 0 Å². The number of hydrogen-bond donors (Lipinski definition) is 0. The first-order chi connectivity index (χ1) is 10.5. The van der Waals surface area contributed by atoms with Crippen LogP contribution in [0.3, 0.4) is 0 Å². The minimum atomic E-state index is -0.315. The normalized spacial score (nSPS) is 19.2. The van der Waals surface area contributed by atoms with Gasteiger partial charge in [-0.15, -0.1) is 0 Å². The van der Waals surface area contributed by atoms with E-state index >= 15 is 0 Å². The molecular weight excluding hydrogens is 288 g/mol. The molecule has 0 bridgehead atoms. The number of ether oxygens (including phenoxy) is 1. The van der Waals surface area contributed by atoms with Crippen molar-refractivity contribution in [2.24, 2.45) is 0 Å². The summed E-state index contributed by atoms with van der Waals surface area (Å²) in [5.74, 6) is 0.0511.